The van der Waals surface area contributed by atoms with Crippen LogP contribution in [0.2, 0.25) is 0 Å². The molecule has 1 saturated carbocycles. The van der Waals surface area contributed by atoms with Crippen LogP contribution in [-0.2, 0) is 9.53 Å². The van der Waals surface area contributed by atoms with E-state index in [1.165, 1.54) is 16.0 Å². The van der Waals surface area contributed by atoms with E-state index >= 15 is 0 Å². The molecule has 1 heterocycles. The van der Waals surface area contributed by atoms with Gasteiger partial charge in [0.05, 0.1) is 0 Å². The van der Waals surface area contributed by atoms with E-state index in [9.17, 15) is 14.7 Å². The third-order valence-corrected chi connectivity index (χ3v) is 5.97. The number of hydrogen-bond donors (Lipinski definition) is 1. The van der Waals surface area contributed by atoms with E-state index in [1.54, 1.807) is 0 Å². The van der Waals surface area contributed by atoms with E-state index in [0.717, 1.165) is 17.5 Å². The van der Waals surface area contributed by atoms with Crippen LogP contribution in [0, 0.1) is 11.8 Å². The summed E-state index contributed by atoms with van der Waals surface area (Å²) in [6.45, 7) is 0.726. The van der Waals surface area contributed by atoms with Crippen LogP contribution in [-0.4, -0.2) is 41.3 Å². The number of aliphatic carboxylic acids is 1. The van der Waals surface area contributed by atoms with Crippen molar-refractivity contribution >= 4 is 12.1 Å². The first-order chi connectivity index (χ1) is 12.6. The standard InChI is InChI=1S/C21H19NO4/c23-20(24)19-17-9-12(17)10-22(19)21(25)26-11-18-15-7-3-1-5-13(15)14-6-2-4-8-16(14)18/h1-8,12,17-19H,9-11H2,(H,23,24)/t12-,17-,19+/m0/s1. The van der Waals surface area contributed by atoms with Crippen LogP contribution < -0.4 is 0 Å². The Kier molecular flexibility index (Phi) is 3.32. The number of ether oxygens (including phenoxy) is 1. The van der Waals surface area contributed by atoms with Gasteiger partial charge in [-0.1, -0.05) is 48.5 Å². The zero-order valence-corrected chi connectivity index (χ0v) is 14.2. The summed E-state index contributed by atoms with van der Waals surface area (Å²) >= 11 is 0. The Labute approximate surface area is 151 Å². The van der Waals surface area contributed by atoms with E-state index < -0.39 is 18.1 Å². The first-order valence-corrected chi connectivity index (χ1v) is 8.99. The van der Waals surface area contributed by atoms with Crippen molar-refractivity contribution in [3.05, 3.63) is 59.7 Å². The molecular weight excluding hydrogens is 330 g/mol. The highest BCUT2D eigenvalue weighted by atomic mass is 16.6. The number of piperidine rings is 1. The number of hydrogen-bond acceptors (Lipinski definition) is 3. The van der Waals surface area contributed by atoms with Crippen molar-refractivity contribution in [2.24, 2.45) is 11.8 Å². The van der Waals surface area contributed by atoms with Crippen LogP contribution >= 0.6 is 0 Å². The third kappa shape index (κ3) is 2.23. The van der Waals surface area contributed by atoms with Crippen molar-refractivity contribution in [3.8, 4) is 11.1 Å². The van der Waals surface area contributed by atoms with E-state index in [-0.39, 0.29) is 18.4 Å². The first kappa shape index (κ1) is 15.4. The second-order valence-corrected chi connectivity index (χ2v) is 7.40. The van der Waals surface area contributed by atoms with E-state index in [2.05, 4.69) is 24.3 Å². The number of likely N-dealkylation sites (tertiary alicyclic amines) is 1. The summed E-state index contributed by atoms with van der Waals surface area (Å²) in [6, 6.07) is 15.6. The highest BCUT2D eigenvalue weighted by molar-refractivity contribution is 5.82. The number of rotatable bonds is 3. The minimum Gasteiger partial charge on any atom is -0.480 e. The van der Waals surface area contributed by atoms with E-state index in [1.807, 2.05) is 24.3 Å². The Morgan fingerprint density at radius 1 is 1.04 bits per heavy atom. The monoisotopic (exact) mass is 349 g/mol. The number of nitrogens with zero attached hydrogens (tertiary/aromatic N) is 1. The number of amides is 1. The number of carboxylic acids is 1. The molecule has 3 aliphatic rings. The third-order valence-electron chi connectivity index (χ3n) is 5.97. The maximum absolute atomic E-state index is 12.5. The zero-order chi connectivity index (χ0) is 17.8. The lowest BCUT2D eigenvalue weighted by atomic mass is 9.98. The molecule has 1 saturated heterocycles. The van der Waals surface area contributed by atoms with Crippen molar-refractivity contribution in [2.45, 2.75) is 18.4 Å². The van der Waals surface area contributed by atoms with Gasteiger partial charge in [0.15, 0.2) is 0 Å². The SMILES string of the molecule is O=C(O)[C@H]1[C@H]2C[C@H]2CN1C(=O)OCC1c2ccccc2-c2ccccc21. The van der Waals surface area contributed by atoms with Gasteiger partial charge < -0.3 is 9.84 Å². The molecule has 0 bridgehead atoms. The highest BCUT2D eigenvalue weighted by Gasteiger charge is 2.57. The first-order valence-electron chi connectivity index (χ1n) is 8.99. The molecule has 5 nitrogen and oxygen atoms in total. The molecule has 0 unspecified atom stereocenters. The van der Waals surface area contributed by atoms with Crippen LogP contribution in [0.3, 0.4) is 0 Å². The molecule has 2 aromatic carbocycles. The summed E-state index contributed by atoms with van der Waals surface area (Å²) in [4.78, 5) is 25.4. The molecule has 26 heavy (non-hydrogen) atoms. The van der Waals surface area contributed by atoms with Crippen molar-refractivity contribution < 1.29 is 19.4 Å². The van der Waals surface area contributed by atoms with Crippen LogP contribution in [0.5, 0.6) is 0 Å². The minimum atomic E-state index is -0.927. The molecule has 2 aliphatic carbocycles. The molecule has 1 aliphatic heterocycles. The lowest BCUT2D eigenvalue weighted by Crippen LogP contribution is -2.43. The van der Waals surface area contributed by atoms with Gasteiger partial charge >= 0.3 is 12.1 Å². The molecule has 132 valence electrons. The van der Waals surface area contributed by atoms with Crippen LogP contribution in [0.1, 0.15) is 23.5 Å². The Balaban J connectivity index is 1.36. The van der Waals surface area contributed by atoms with E-state index in [0.29, 0.717) is 12.5 Å². The molecule has 0 aromatic heterocycles. The zero-order valence-electron chi connectivity index (χ0n) is 14.2. The summed E-state index contributed by atoms with van der Waals surface area (Å²) < 4.78 is 5.60. The molecule has 0 radical (unpaired) electrons. The second kappa shape index (κ2) is 5.59. The predicted molar refractivity (Wildman–Crippen MR) is 94.8 cm³/mol. The van der Waals surface area contributed by atoms with Crippen LogP contribution in [0.15, 0.2) is 48.5 Å². The van der Waals surface area contributed by atoms with Gasteiger partial charge in [-0.15, -0.1) is 0 Å². The number of benzene rings is 2. The highest BCUT2D eigenvalue weighted by Crippen LogP contribution is 2.50. The molecule has 0 spiro atoms. The van der Waals surface area contributed by atoms with Gasteiger partial charge in [0.2, 0.25) is 0 Å². The molecular formula is C21H19NO4. The smallest absolute Gasteiger partial charge is 0.410 e. The summed E-state index contributed by atoms with van der Waals surface area (Å²) in [5.41, 5.74) is 4.66. The van der Waals surface area contributed by atoms with Crippen molar-refractivity contribution in [2.75, 3.05) is 13.2 Å². The largest absolute Gasteiger partial charge is 0.480 e. The average molecular weight is 349 g/mol. The Morgan fingerprint density at radius 3 is 2.27 bits per heavy atom. The lowest BCUT2D eigenvalue weighted by Gasteiger charge is -2.24. The minimum absolute atomic E-state index is 0.00762. The Hall–Kier alpha value is -2.82. The molecule has 2 aromatic rings. The summed E-state index contributed by atoms with van der Waals surface area (Å²) in [5.74, 6) is -0.500. The van der Waals surface area contributed by atoms with Crippen molar-refractivity contribution in [1.29, 1.82) is 0 Å². The van der Waals surface area contributed by atoms with Gasteiger partial charge in [-0.05, 0) is 40.5 Å². The number of carboxylic acid groups (broad SMARTS) is 1. The molecule has 1 N–H and O–H groups in total. The summed E-state index contributed by atoms with van der Waals surface area (Å²) in [6.07, 6.45) is 0.399. The number of carbonyl (C=O) groups is 2. The fourth-order valence-corrected chi connectivity index (χ4v) is 4.65. The topological polar surface area (TPSA) is 66.8 Å². The molecule has 5 heteroatoms. The van der Waals surface area contributed by atoms with Crippen LogP contribution in [0.4, 0.5) is 4.79 Å². The van der Waals surface area contributed by atoms with Gasteiger partial charge in [-0.3, -0.25) is 4.90 Å². The number of fused-ring (bicyclic) bond motifs is 4. The maximum Gasteiger partial charge on any atom is 0.410 e. The maximum atomic E-state index is 12.5. The Bertz CT molecular complexity index is 863. The molecule has 5 rings (SSSR count). The Morgan fingerprint density at radius 2 is 1.65 bits per heavy atom. The van der Waals surface area contributed by atoms with Gasteiger partial charge in [0, 0.05) is 12.5 Å². The second-order valence-electron chi connectivity index (χ2n) is 7.40. The van der Waals surface area contributed by atoms with Gasteiger partial charge in [-0.25, -0.2) is 9.59 Å². The quantitative estimate of drug-likeness (QED) is 0.923. The average Bonchev–Trinajstić information content (AvgIpc) is 3.19. The normalized spacial score (nSPS) is 25.4. The molecule has 3 atom stereocenters. The van der Waals surface area contributed by atoms with Gasteiger partial charge in [0.1, 0.15) is 12.6 Å². The fraction of sp³-hybridized carbons (Fsp3) is 0.333. The van der Waals surface area contributed by atoms with Crippen molar-refractivity contribution in [3.63, 3.8) is 0 Å². The predicted octanol–water partition coefficient (Wildman–Crippen LogP) is 3.34. The summed E-state index contributed by atoms with van der Waals surface area (Å²) in [5, 5.41) is 9.42. The fourth-order valence-electron chi connectivity index (χ4n) is 4.65. The summed E-state index contributed by atoms with van der Waals surface area (Å²) in [7, 11) is 0. The molecule has 2 fully saturated rings. The number of carbonyl (C=O) groups excluding carboxylic acids is 1. The molecule has 1 amide bonds. The van der Waals surface area contributed by atoms with Crippen LogP contribution in [0.25, 0.3) is 11.1 Å². The van der Waals surface area contributed by atoms with Gasteiger partial charge in [-0.2, -0.15) is 0 Å². The van der Waals surface area contributed by atoms with Gasteiger partial charge in [0.25, 0.3) is 0 Å². The van der Waals surface area contributed by atoms with E-state index in [4.69, 9.17) is 4.74 Å². The lowest BCUT2D eigenvalue weighted by molar-refractivity contribution is -0.142. The van der Waals surface area contributed by atoms with Crippen molar-refractivity contribution in [1.82, 2.24) is 4.90 Å².